The summed E-state index contributed by atoms with van der Waals surface area (Å²) in [5.74, 6) is -0.517. The second-order valence-electron chi connectivity index (χ2n) is 9.22. The number of H-pyrrole nitrogens is 1. The normalized spacial score (nSPS) is 13.9. The van der Waals surface area contributed by atoms with Crippen molar-refractivity contribution in [2.24, 2.45) is 0 Å². The van der Waals surface area contributed by atoms with Crippen LogP contribution in [0.3, 0.4) is 0 Å². The predicted octanol–water partition coefficient (Wildman–Crippen LogP) is 2.03. The Labute approximate surface area is 221 Å². The Morgan fingerprint density at radius 1 is 0.872 bits per heavy atom. The van der Waals surface area contributed by atoms with Crippen LogP contribution >= 0.6 is 0 Å². The first-order valence-electron chi connectivity index (χ1n) is 12.3. The van der Waals surface area contributed by atoms with Gasteiger partial charge < -0.3 is 31.0 Å². The molecular weight excluding hydrogens is 502 g/mol. The van der Waals surface area contributed by atoms with Crippen molar-refractivity contribution in [1.82, 2.24) is 25.6 Å². The van der Waals surface area contributed by atoms with Gasteiger partial charge in [-0.25, -0.2) is 9.97 Å². The van der Waals surface area contributed by atoms with Crippen molar-refractivity contribution in [1.29, 1.82) is 0 Å². The Hall–Kier alpha value is -5.26. The molecule has 2 aliphatic rings. The fraction of sp³-hybridized carbons (Fsp3) is 0.185. The van der Waals surface area contributed by atoms with Gasteiger partial charge in [-0.3, -0.25) is 19.2 Å². The summed E-state index contributed by atoms with van der Waals surface area (Å²) in [4.78, 5) is 60.5. The van der Waals surface area contributed by atoms with E-state index < -0.39 is 5.91 Å². The highest BCUT2D eigenvalue weighted by molar-refractivity contribution is 6.10. The Morgan fingerprint density at radius 2 is 1.62 bits per heavy atom. The van der Waals surface area contributed by atoms with Crippen molar-refractivity contribution in [2.45, 2.75) is 25.9 Å². The molecule has 0 saturated carbocycles. The van der Waals surface area contributed by atoms with E-state index in [0.29, 0.717) is 35.3 Å². The van der Waals surface area contributed by atoms with Crippen LogP contribution < -0.4 is 26.0 Å². The first-order chi connectivity index (χ1) is 18.9. The van der Waals surface area contributed by atoms with Crippen LogP contribution in [0.2, 0.25) is 0 Å². The zero-order valence-corrected chi connectivity index (χ0v) is 20.6. The Kier molecular flexibility index (Phi) is 6.11. The van der Waals surface area contributed by atoms with Crippen LogP contribution in [-0.4, -0.2) is 45.2 Å². The number of nitrogens with zero attached hydrogens (tertiary/aromatic N) is 2. The van der Waals surface area contributed by atoms with Crippen LogP contribution in [0.4, 0.5) is 11.4 Å². The van der Waals surface area contributed by atoms with Gasteiger partial charge in [0.15, 0.2) is 12.3 Å². The lowest BCUT2D eigenvalue weighted by Crippen LogP contribution is -2.26. The third kappa shape index (κ3) is 4.87. The summed E-state index contributed by atoms with van der Waals surface area (Å²) in [7, 11) is 0. The number of carbonyl (C=O) groups is 4. The summed E-state index contributed by atoms with van der Waals surface area (Å²) in [5.41, 5.74) is 5.00. The Morgan fingerprint density at radius 3 is 2.46 bits per heavy atom. The van der Waals surface area contributed by atoms with Gasteiger partial charge in [-0.15, -0.1) is 0 Å². The average molecular weight is 526 g/mol. The first-order valence-corrected chi connectivity index (χ1v) is 12.3. The summed E-state index contributed by atoms with van der Waals surface area (Å²) < 4.78 is 5.36. The number of amides is 4. The molecule has 0 bridgehead atoms. The number of carbonyl (C=O) groups excluding carboxylic acids is 4. The lowest BCUT2D eigenvalue weighted by molar-refractivity contribution is -0.118. The van der Waals surface area contributed by atoms with Crippen LogP contribution in [0.5, 0.6) is 5.75 Å². The molecule has 196 valence electrons. The van der Waals surface area contributed by atoms with Crippen LogP contribution in [0, 0.1) is 0 Å². The quantitative estimate of drug-likeness (QED) is 0.257. The lowest BCUT2D eigenvalue weighted by Gasteiger charge is -2.18. The van der Waals surface area contributed by atoms with Gasteiger partial charge in [0.25, 0.3) is 17.7 Å². The van der Waals surface area contributed by atoms with E-state index in [9.17, 15) is 19.2 Å². The number of aryl methyl sites for hydroxylation is 1. The van der Waals surface area contributed by atoms with Gasteiger partial charge in [0.2, 0.25) is 5.91 Å². The Bertz CT molecular complexity index is 1660. The molecule has 6 rings (SSSR count). The van der Waals surface area contributed by atoms with Crippen molar-refractivity contribution in [3.63, 3.8) is 0 Å². The first kappa shape index (κ1) is 24.1. The lowest BCUT2D eigenvalue weighted by atomic mass is 10.0. The smallest absolute Gasteiger partial charge is 0.272 e. The SMILES string of the molecule is O=C1CCc2ccc(CNC(=O)c3c[nH]c4c(C(=O)NCc5ccc6c(c5)NC(=O)CO6)ncnc34)cc2N1. The average Bonchev–Trinajstić information content (AvgIpc) is 3.38. The number of hydrogen-bond donors (Lipinski definition) is 5. The summed E-state index contributed by atoms with van der Waals surface area (Å²) in [5, 5.41) is 11.3. The minimum absolute atomic E-state index is 0.0206. The predicted molar refractivity (Wildman–Crippen MR) is 140 cm³/mol. The molecule has 12 nitrogen and oxygen atoms in total. The Balaban J connectivity index is 1.13. The summed E-state index contributed by atoms with van der Waals surface area (Å²) in [6.07, 6.45) is 3.89. The van der Waals surface area contributed by atoms with E-state index in [1.807, 2.05) is 18.2 Å². The van der Waals surface area contributed by atoms with Crippen molar-refractivity contribution in [3.8, 4) is 5.75 Å². The molecule has 0 saturated heterocycles. The topological polar surface area (TPSA) is 167 Å². The molecule has 0 unspecified atom stereocenters. The number of aromatic amines is 1. The van der Waals surface area contributed by atoms with Crippen LogP contribution in [-0.2, 0) is 29.1 Å². The molecule has 12 heteroatoms. The molecule has 0 fully saturated rings. The van der Waals surface area contributed by atoms with Gasteiger partial charge in [0.1, 0.15) is 17.6 Å². The highest BCUT2D eigenvalue weighted by Crippen LogP contribution is 2.28. The van der Waals surface area contributed by atoms with Crippen molar-refractivity contribution < 1.29 is 23.9 Å². The van der Waals surface area contributed by atoms with E-state index in [1.165, 1.54) is 12.5 Å². The molecule has 2 aromatic carbocycles. The summed E-state index contributed by atoms with van der Waals surface area (Å²) in [6, 6.07) is 11.0. The standard InChI is InChI=1S/C27H23N7O5/c35-21-6-4-16-3-1-14(7-18(16)33-21)9-29-26(37)17-11-28-24-23(17)31-13-32-25(24)27(38)30-10-15-2-5-20-19(8-15)34-22(36)12-39-20/h1-3,5,7-8,11,13,28H,4,6,9-10,12H2,(H,29,37)(H,30,38)(H,33,35)(H,34,36). The van der Waals surface area contributed by atoms with Crippen molar-refractivity contribution >= 4 is 46.0 Å². The summed E-state index contributed by atoms with van der Waals surface area (Å²) >= 11 is 0. The molecule has 4 aromatic rings. The minimum atomic E-state index is -0.453. The molecule has 0 radical (unpaired) electrons. The maximum atomic E-state index is 13.0. The molecule has 0 spiro atoms. The molecule has 4 heterocycles. The zero-order chi connectivity index (χ0) is 26.9. The van der Waals surface area contributed by atoms with E-state index >= 15 is 0 Å². The largest absolute Gasteiger partial charge is 0.482 e. The number of fused-ring (bicyclic) bond motifs is 3. The molecule has 2 aromatic heterocycles. The zero-order valence-electron chi connectivity index (χ0n) is 20.6. The van der Waals surface area contributed by atoms with Crippen LogP contribution in [0.25, 0.3) is 11.0 Å². The van der Waals surface area contributed by atoms with E-state index in [4.69, 9.17) is 4.74 Å². The van der Waals surface area contributed by atoms with Gasteiger partial charge in [0.05, 0.1) is 16.8 Å². The molecule has 39 heavy (non-hydrogen) atoms. The monoisotopic (exact) mass is 525 g/mol. The van der Waals surface area contributed by atoms with Crippen LogP contribution in [0.1, 0.15) is 44.0 Å². The maximum absolute atomic E-state index is 13.0. The number of hydrogen-bond acceptors (Lipinski definition) is 7. The van der Waals surface area contributed by atoms with Gasteiger partial charge >= 0.3 is 0 Å². The second kappa shape index (κ2) is 9.89. The van der Waals surface area contributed by atoms with Gasteiger partial charge in [-0.1, -0.05) is 18.2 Å². The second-order valence-corrected chi connectivity index (χ2v) is 9.22. The number of aromatic nitrogens is 3. The minimum Gasteiger partial charge on any atom is -0.482 e. The number of rotatable bonds is 6. The molecule has 0 atom stereocenters. The van der Waals surface area contributed by atoms with E-state index in [1.54, 1.807) is 18.2 Å². The fourth-order valence-corrected chi connectivity index (χ4v) is 4.60. The molecule has 0 aliphatic carbocycles. The molecule has 4 amide bonds. The number of ether oxygens (including phenoxy) is 1. The molecule has 5 N–H and O–H groups in total. The van der Waals surface area contributed by atoms with E-state index in [2.05, 4.69) is 36.2 Å². The van der Waals surface area contributed by atoms with Gasteiger partial charge in [-0.05, 0) is 41.3 Å². The molecule has 2 aliphatic heterocycles. The highest BCUT2D eigenvalue weighted by Gasteiger charge is 2.21. The number of nitrogens with one attached hydrogen (secondary N) is 5. The number of benzene rings is 2. The van der Waals surface area contributed by atoms with Crippen LogP contribution in [0.15, 0.2) is 48.9 Å². The fourth-order valence-electron chi connectivity index (χ4n) is 4.60. The highest BCUT2D eigenvalue weighted by atomic mass is 16.5. The maximum Gasteiger partial charge on any atom is 0.272 e. The number of anilines is 2. The third-order valence-corrected chi connectivity index (χ3v) is 6.58. The van der Waals surface area contributed by atoms with E-state index in [0.717, 1.165) is 22.4 Å². The summed E-state index contributed by atoms with van der Waals surface area (Å²) in [6.45, 7) is 0.402. The van der Waals surface area contributed by atoms with Gasteiger partial charge in [0, 0.05) is 31.4 Å². The van der Waals surface area contributed by atoms with Crippen molar-refractivity contribution in [2.75, 3.05) is 17.2 Å². The van der Waals surface area contributed by atoms with E-state index in [-0.39, 0.29) is 48.7 Å². The molecular formula is C27H23N7O5. The van der Waals surface area contributed by atoms with Gasteiger partial charge in [-0.2, -0.15) is 0 Å². The third-order valence-electron chi connectivity index (χ3n) is 6.58. The van der Waals surface area contributed by atoms with Crippen molar-refractivity contribution in [3.05, 3.63) is 76.9 Å².